The summed E-state index contributed by atoms with van der Waals surface area (Å²) in [7, 11) is 0. The summed E-state index contributed by atoms with van der Waals surface area (Å²) < 4.78 is 1.92. The SMILES string of the molecule is Cc1cccc2cnn(CCC(=O)NCCc3ccccc3)c12. The minimum absolute atomic E-state index is 0.0677. The van der Waals surface area contributed by atoms with Gasteiger partial charge in [0.2, 0.25) is 5.91 Å². The van der Waals surface area contributed by atoms with E-state index >= 15 is 0 Å². The summed E-state index contributed by atoms with van der Waals surface area (Å²) in [5.74, 6) is 0.0677. The monoisotopic (exact) mass is 307 g/mol. The first-order valence-electron chi connectivity index (χ1n) is 7.96. The topological polar surface area (TPSA) is 46.9 Å². The summed E-state index contributed by atoms with van der Waals surface area (Å²) >= 11 is 0. The number of carbonyl (C=O) groups excluding carboxylic acids is 1. The van der Waals surface area contributed by atoms with Gasteiger partial charge in [-0.3, -0.25) is 9.48 Å². The molecule has 0 unspecified atom stereocenters. The maximum atomic E-state index is 12.0. The van der Waals surface area contributed by atoms with Gasteiger partial charge >= 0.3 is 0 Å². The Hall–Kier alpha value is -2.62. The molecule has 1 N–H and O–H groups in total. The lowest BCUT2D eigenvalue weighted by atomic mass is 10.1. The molecule has 1 heterocycles. The van der Waals surface area contributed by atoms with Crippen LogP contribution in [0.1, 0.15) is 17.5 Å². The fourth-order valence-corrected chi connectivity index (χ4v) is 2.78. The van der Waals surface area contributed by atoms with Crippen LogP contribution in [0.4, 0.5) is 0 Å². The zero-order valence-electron chi connectivity index (χ0n) is 13.3. The second kappa shape index (κ2) is 7.09. The van der Waals surface area contributed by atoms with Crippen molar-refractivity contribution in [3.63, 3.8) is 0 Å². The van der Waals surface area contributed by atoms with Gasteiger partial charge in [-0.05, 0) is 24.5 Å². The number of hydrogen-bond donors (Lipinski definition) is 1. The summed E-state index contributed by atoms with van der Waals surface area (Å²) in [5.41, 5.74) is 3.54. The van der Waals surface area contributed by atoms with Gasteiger partial charge in [0.25, 0.3) is 0 Å². The molecule has 4 nitrogen and oxygen atoms in total. The highest BCUT2D eigenvalue weighted by Crippen LogP contribution is 2.17. The molecule has 23 heavy (non-hydrogen) atoms. The molecule has 4 heteroatoms. The maximum Gasteiger partial charge on any atom is 0.221 e. The van der Waals surface area contributed by atoms with Crippen molar-refractivity contribution in [2.75, 3.05) is 6.54 Å². The van der Waals surface area contributed by atoms with Gasteiger partial charge in [0.15, 0.2) is 0 Å². The Morgan fingerprint density at radius 2 is 1.96 bits per heavy atom. The van der Waals surface area contributed by atoms with Crippen molar-refractivity contribution in [3.8, 4) is 0 Å². The van der Waals surface area contributed by atoms with Crippen LogP contribution >= 0.6 is 0 Å². The number of nitrogens with zero attached hydrogens (tertiary/aromatic N) is 2. The molecule has 3 aromatic rings. The number of carbonyl (C=O) groups is 1. The molecule has 1 amide bonds. The molecule has 0 radical (unpaired) electrons. The lowest BCUT2D eigenvalue weighted by molar-refractivity contribution is -0.121. The number of benzene rings is 2. The van der Waals surface area contributed by atoms with Crippen LogP contribution in [0.15, 0.2) is 54.7 Å². The summed E-state index contributed by atoms with van der Waals surface area (Å²) in [6, 6.07) is 16.3. The smallest absolute Gasteiger partial charge is 0.221 e. The van der Waals surface area contributed by atoms with E-state index in [1.807, 2.05) is 41.2 Å². The molecule has 0 fully saturated rings. The second-order valence-electron chi connectivity index (χ2n) is 5.72. The number of fused-ring (bicyclic) bond motifs is 1. The van der Waals surface area contributed by atoms with E-state index in [0.717, 1.165) is 17.3 Å². The third-order valence-electron chi connectivity index (χ3n) is 3.99. The Kier molecular flexibility index (Phi) is 4.71. The van der Waals surface area contributed by atoms with Gasteiger partial charge < -0.3 is 5.32 Å². The molecule has 0 saturated heterocycles. The minimum Gasteiger partial charge on any atom is -0.356 e. The third-order valence-corrected chi connectivity index (χ3v) is 3.99. The van der Waals surface area contributed by atoms with Crippen molar-refractivity contribution in [3.05, 3.63) is 65.9 Å². The first-order valence-corrected chi connectivity index (χ1v) is 7.96. The van der Waals surface area contributed by atoms with Gasteiger partial charge in [0.05, 0.1) is 18.3 Å². The molecular formula is C19H21N3O. The Balaban J connectivity index is 1.50. The number of nitrogens with one attached hydrogen (secondary N) is 1. The van der Waals surface area contributed by atoms with Crippen LogP contribution in [0.2, 0.25) is 0 Å². The lowest BCUT2D eigenvalue weighted by Crippen LogP contribution is -2.26. The highest BCUT2D eigenvalue weighted by molar-refractivity contribution is 5.82. The van der Waals surface area contributed by atoms with E-state index < -0.39 is 0 Å². The highest BCUT2D eigenvalue weighted by Gasteiger charge is 2.07. The minimum atomic E-state index is 0.0677. The van der Waals surface area contributed by atoms with Crippen LogP contribution in [-0.2, 0) is 17.8 Å². The van der Waals surface area contributed by atoms with Crippen LogP contribution in [0.25, 0.3) is 10.9 Å². The highest BCUT2D eigenvalue weighted by atomic mass is 16.1. The molecule has 1 aromatic heterocycles. The van der Waals surface area contributed by atoms with Gasteiger partial charge in [0.1, 0.15) is 0 Å². The van der Waals surface area contributed by atoms with Crippen molar-refractivity contribution in [1.82, 2.24) is 15.1 Å². The van der Waals surface area contributed by atoms with E-state index in [2.05, 4.69) is 35.5 Å². The molecule has 118 valence electrons. The average molecular weight is 307 g/mol. The molecule has 0 aliphatic rings. The molecule has 2 aromatic carbocycles. The van der Waals surface area contributed by atoms with E-state index in [4.69, 9.17) is 0 Å². The van der Waals surface area contributed by atoms with Crippen LogP contribution in [0.3, 0.4) is 0 Å². The second-order valence-corrected chi connectivity index (χ2v) is 5.72. The summed E-state index contributed by atoms with van der Waals surface area (Å²) in [5, 5.41) is 8.49. The summed E-state index contributed by atoms with van der Waals surface area (Å²) in [6.45, 7) is 3.34. The van der Waals surface area contributed by atoms with Crippen molar-refractivity contribution >= 4 is 16.8 Å². The zero-order valence-corrected chi connectivity index (χ0v) is 13.3. The molecule has 0 saturated carbocycles. The Labute approximate surface area is 136 Å². The van der Waals surface area contributed by atoms with Gasteiger partial charge in [-0.15, -0.1) is 0 Å². The molecule has 0 spiro atoms. The first kappa shape index (κ1) is 15.3. The van der Waals surface area contributed by atoms with Crippen molar-refractivity contribution in [1.29, 1.82) is 0 Å². The van der Waals surface area contributed by atoms with Crippen molar-refractivity contribution in [2.24, 2.45) is 0 Å². The predicted molar refractivity (Wildman–Crippen MR) is 92.2 cm³/mol. The van der Waals surface area contributed by atoms with Gasteiger partial charge in [0, 0.05) is 18.4 Å². The van der Waals surface area contributed by atoms with E-state index in [9.17, 15) is 4.79 Å². The molecular weight excluding hydrogens is 286 g/mol. The van der Waals surface area contributed by atoms with Crippen LogP contribution in [0, 0.1) is 6.92 Å². The number of amides is 1. The Bertz CT molecular complexity index is 793. The molecule has 0 atom stereocenters. The number of hydrogen-bond acceptors (Lipinski definition) is 2. The maximum absolute atomic E-state index is 12.0. The fourth-order valence-electron chi connectivity index (χ4n) is 2.78. The van der Waals surface area contributed by atoms with Crippen LogP contribution in [-0.4, -0.2) is 22.2 Å². The van der Waals surface area contributed by atoms with Crippen LogP contribution < -0.4 is 5.32 Å². The number of para-hydroxylation sites is 1. The van der Waals surface area contributed by atoms with Gasteiger partial charge in [-0.1, -0.05) is 48.5 Å². The normalized spacial score (nSPS) is 10.8. The average Bonchev–Trinajstić information content (AvgIpc) is 2.98. The van der Waals surface area contributed by atoms with Gasteiger partial charge in [-0.25, -0.2) is 0 Å². The number of rotatable bonds is 6. The summed E-state index contributed by atoms with van der Waals surface area (Å²) in [6.07, 6.45) is 3.16. The Morgan fingerprint density at radius 3 is 2.78 bits per heavy atom. The standard InChI is InChI=1S/C19H21N3O/c1-15-6-5-9-17-14-21-22(19(15)17)13-11-18(23)20-12-10-16-7-3-2-4-8-16/h2-9,14H,10-13H2,1H3,(H,20,23). The first-order chi connectivity index (χ1) is 11.2. The number of aromatic nitrogens is 2. The molecule has 0 aliphatic carbocycles. The zero-order chi connectivity index (χ0) is 16.1. The van der Waals surface area contributed by atoms with E-state index in [1.54, 1.807) is 0 Å². The van der Waals surface area contributed by atoms with Crippen LogP contribution in [0.5, 0.6) is 0 Å². The lowest BCUT2D eigenvalue weighted by Gasteiger charge is -2.07. The quantitative estimate of drug-likeness (QED) is 0.760. The third kappa shape index (κ3) is 3.77. The Morgan fingerprint density at radius 1 is 1.13 bits per heavy atom. The van der Waals surface area contributed by atoms with Gasteiger partial charge in [-0.2, -0.15) is 5.10 Å². The largest absolute Gasteiger partial charge is 0.356 e. The molecule has 0 aliphatic heterocycles. The van der Waals surface area contributed by atoms with E-state index in [-0.39, 0.29) is 5.91 Å². The van der Waals surface area contributed by atoms with Crippen molar-refractivity contribution in [2.45, 2.75) is 26.3 Å². The molecule has 3 rings (SSSR count). The summed E-state index contributed by atoms with van der Waals surface area (Å²) in [4.78, 5) is 12.0. The fraction of sp³-hybridized carbons (Fsp3) is 0.263. The van der Waals surface area contributed by atoms with E-state index in [1.165, 1.54) is 11.1 Å². The number of aryl methyl sites for hydroxylation is 2. The van der Waals surface area contributed by atoms with Crippen molar-refractivity contribution < 1.29 is 4.79 Å². The predicted octanol–water partition coefficient (Wildman–Crippen LogP) is 3.09. The van der Waals surface area contributed by atoms with E-state index in [0.29, 0.717) is 19.5 Å². The molecule has 0 bridgehead atoms.